The van der Waals surface area contributed by atoms with Crippen LogP contribution in [0, 0.1) is 14.9 Å². The molecule has 26 heavy (non-hydrogen) atoms. The average molecular weight is 475 g/mol. The van der Waals surface area contributed by atoms with Crippen molar-refractivity contribution in [3.63, 3.8) is 0 Å². The van der Waals surface area contributed by atoms with Crippen LogP contribution in [0.1, 0.15) is 5.76 Å². The van der Waals surface area contributed by atoms with Gasteiger partial charge in [-0.2, -0.15) is 5.26 Å². The monoisotopic (exact) mass is 474 g/mol. The van der Waals surface area contributed by atoms with E-state index in [1.54, 1.807) is 36.4 Å². The highest BCUT2D eigenvalue weighted by Crippen LogP contribution is 2.25. The summed E-state index contributed by atoms with van der Waals surface area (Å²) in [6.45, 7) is 0. The summed E-state index contributed by atoms with van der Waals surface area (Å²) in [4.78, 5) is 12.3. The number of para-hydroxylation sites is 1. The number of carbonyl (C=O) groups excluding carboxylic acids is 1. The zero-order valence-electron chi connectivity index (χ0n) is 13.4. The van der Waals surface area contributed by atoms with Crippen molar-refractivity contribution in [1.82, 2.24) is 0 Å². The van der Waals surface area contributed by atoms with E-state index >= 15 is 0 Å². The second-order valence-electron chi connectivity index (χ2n) is 5.31. The van der Waals surface area contributed by atoms with E-state index in [9.17, 15) is 10.1 Å². The van der Waals surface area contributed by atoms with Crippen LogP contribution in [-0.2, 0) is 4.79 Å². The second-order valence-corrected chi connectivity index (χ2v) is 6.97. The molecule has 6 heteroatoms. The van der Waals surface area contributed by atoms with Gasteiger partial charge >= 0.3 is 0 Å². The van der Waals surface area contributed by atoms with Crippen LogP contribution in [0.15, 0.2) is 70.7 Å². The number of hydrogen-bond acceptors (Lipinski definition) is 3. The van der Waals surface area contributed by atoms with E-state index in [0.717, 1.165) is 9.13 Å². The van der Waals surface area contributed by atoms with Crippen LogP contribution in [0.4, 0.5) is 5.69 Å². The third kappa shape index (κ3) is 4.34. The molecule has 0 aliphatic rings. The summed E-state index contributed by atoms with van der Waals surface area (Å²) in [7, 11) is 0. The molecule has 1 amide bonds. The fourth-order valence-corrected chi connectivity index (χ4v) is 2.79. The number of amides is 1. The second kappa shape index (κ2) is 8.21. The SMILES string of the molecule is N#C/C(=C\c1ccc(-c2ccc(I)cc2)o1)C(=O)Nc1ccccc1Cl. The van der Waals surface area contributed by atoms with Crippen molar-refractivity contribution in [2.45, 2.75) is 0 Å². The highest BCUT2D eigenvalue weighted by Gasteiger charge is 2.12. The number of rotatable bonds is 4. The van der Waals surface area contributed by atoms with Crippen LogP contribution in [0.25, 0.3) is 17.4 Å². The lowest BCUT2D eigenvalue weighted by Crippen LogP contribution is -2.13. The predicted octanol–water partition coefficient (Wildman–Crippen LogP) is 5.75. The maximum Gasteiger partial charge on any atom is 0.266 e. The topological polar surface area (TPSA) is 66.0 Å². The Hall–Kier alpha value is -2.56. The Morgan fingerprint density at radius 2 is 1.85 bits per heavy atom. The molecule has 0 radical (unpaired) electrons. The number of nitriles is 1. The number of carbonyl (C=O) groups is 1. The number of anilines is 1. The van der Waals surface area contributed by atoms with Crippen LogP contribution >= 0.6 is 34.2 Å². The Morgan fingerprint density at radius 3 is 2.54 bits per heavy atom. The molecular formula is C20H12ClIN2O2. The average Bonchev–Trinajstić information content (AvgIpc) is 3.10. The molecule has 128 valence electrons. The lowest BCUT2D eigenvalue weighted by atomic mass is 10.2. The van der Waals surface area contributed by atoms with Gasteiger partial charge in [-0.25, -0.2) is 0 Å². The van der Waals surface area contributed by atoms with Crippen LogP contribution in [0.2, 0.25) is 5.02 Å². The van der Waals surface area contributed by atoms with Gasteiger partial charge in [0, 0.05) is 15.2 Å². The van der Waals surface area contributed by atoms with Gasteiger partial charge in [0.25, 0.3) is 5.91 Å². The smallest absolute Gasteiger partial charge is 0.266 e. The van der Waals surface area contributed by atoms with E-state index in [0.29, 0.717) is 22.2 Å². The number of furan rings is 1. The van der Waals surface area contributed by atoms with Crippen molar-refractivity contribution in [2.24, 2.45) is 0 Å². The van der Waals surface area contributed by atoms with Crippen LogP contribution in [0.3, 0.4) is 0 Å². The maximum atomic E-state index is 12.3. The number of benzene rings is 2. The quantitative estimate of drug-likeness (QED) is 0.297. The zero-order chi connectivity index (χ0) is 18.5. The molecule has 0 saturated carbocycles. The van der Waals surface area contributed by atoms with E-state index < -0.39 is 5.91 Å². The fourth-order valence-electron chi connectivity index (χ4n) is 2.24. The summed E-state index contributed by atoms with van der Waals surface area (Å²) in [5.41, 5.74) is 1.29. The summed E-state index contributed by atoms with van der Waals surface area (Å²) < 4.78 is 6.86. The first-order valence-electron chi connectivity index (χ1n) is 7.60. The van der Waals surface area contributed by atoms with Crippen LogP contribution < -0.4 is 5.32 Å². The van der Waals surface area contributed by atoms with E-state index in [1.807, 2.05) is 30.3 Å². The van der Waals surface area contributed by atoms with Crippen molar-refractivity contribution in [3.8, 4) is 17.4 Å². The van der Waals surface area contributed by atoms with E-state index in [2.05, 4.69) is 27.9 Å². The molecule has 0 spiro atoms. The van der Waals surface area contributed by atoms with Gasteiger partial charge in [-0.1, -0.05) is 35.9 Å². The first-order chi connectivity index (χ1) is 12.6. The normalized spacial score (nSPS) is 11.0. The molecule has 2 aromatic carbocycles. The van der Waals surface area contributed by atoms with Gasteiger partial charge in [-0.05, 0) is 59.0 Å². The van der Waals surface area contributed by atoms with Gasteiger partial charge in [0.2, 0.25) is 0 Å². The van der Waals surface area contributed by atoms with Crippen LogP contribution in [0.5, 0.6) is 0 Å². The van der Waals surface area contributed by atoms with Crippen molar-refractivity contribution >= 4 is 51.9 Å². The van der Waals surface area contributed by atoms with Crippen molar-refractivity contribution in [2.75, 3.05) is 5.32 Å². The van der Waals surface area contributed by atoms with Crippen molar-refractivity contribution in [3.05, 3.63) is 80.6 Å². The summed E-state index contributed by atoms with van der Waals surface area (Å²) in [5, 5.41) is 12.3. The molecule has 3 aromatic rings. The number of nitrogens with one attached hydrogen (secondary N) is 1. The van der Waals surface area contributed by atoms with Gasteiger partial charge in [0.05, 0.1) is 10.7 Å². The lowest BCUT2D eigenvalue weighted by Gasteiger charge is -2.05. The Balaban J connectivity index is 1.81. The molecule has 1 N–H and O–H groups in total. The molecule has 0 bridgehead atoms. The lowest BCUT2D eigenvalue weighted by molar-refractivity contribution is -0.112. The minimum absolute atomic E-state index is 0.0755. The Kier molecular flexibility index (Phi) is 5.76. The van der Waals surface area contributed by atoms with Gasteiger partial charge < -0.3 is 9.73 Å². The highest BCUT2D eigenvalue weighted by atomic mass is 127. The van der Waals surface area contributed by atoms with Crippen molar-refractivity contribution < 1.29 is 9.21 Å². The molecule has 1 aromatic heterocycles. The standard InChI is InChI=1S/C20H12ClIN2O2/c21-17-3-1-2-4-18(17)24-20(25)14(12-23)11-16-9-10-19(26-16)13-5-7-15(22)8-6-13/h1-11H,(H,24,25)/b14-11+. The van der Waals surface area contributed by atoms with E-state index in [-0.39, 0.29) is 5.57 Å². The maximum absolute atomic E-state index is 12.3. The molecule has 3 rings (SSSR count). The zero-order valence-corrected chi connectivity index (χ0v) is 16.3. The molecule has 0 fully saturated rings. The summed E-state index contributed by atoms with van der Waals surface area (Å²) >= 11 is 8.25. The first kappa shape index (κ1) is 18.2. The Morgan fingerprint density at radius 1 is 1.12 bits per heavy atom. The molecule has 0 aliphatic heterocycles. The summed E-state index contributed by atoms with van der Waals surface area (Å²) in [6, 6.07) is 20.1. The number of hydrogen-bond donors (Lipinski definition) is 1. The van der Waals surface area contributed by atoms with Crippen LogP contribution in [-0.4, -0.2) is 5.91 Å². The third-order valence-electron chi connectivity index (χ3n) is 3.53. The first-order valence-corrected chi connectivity index (χ1v) is 9.06. The number of halogens is 2. The Labute approximate surface area is 169 Å². The van der Waals surface area contributed by atoms with Crippen molar-refractivity contribution in [1.29, 1.82) is 5.26 Å². The summed E-state index contributed by atoms with van der Waals surface area (Å²) in [5.74, 6) is 0.536. The largest absolute Gasteiger partial charge is 0.457 e. The molecule has 1 heterocycles. The molecule has 0 atom stereocenters. The summed E-state index contributed by atoms with van der Waals surface area (Å²) in [6.07, 6.45) is 1.41. The Bertz CT molecular complexity index is 1020. The van der Waals surface area contributed by atoms with Gasteiger partial charge in [-0.3, -0.25) is 4.79 Å². The molecule has 0 aliphatic carbocycles. The fraction of sp³-hybridized carbons (Fsp3) is 0. The van der Waals surface area contributed by atoms with Gasteiger partial charge in [0.15, 0.2) is 0 Å². The molecule has 0 saturated heterocycles. The van der Waals surface area contributed by atoms with E-state index in [1.165, 1.54) is 6.08 Å². The predicted molar refractivity (Wildman–Crippen MR) is 111 cm³/mol. The minimum atomic E-state index is -0.548. The molecular weight excluding hydrogens is 463 g/mol. The van der Waals surface area contributed by atoms with E-state index in [4.69, 9.17) is 16.0 Å². The van der Waals surface area contributed by atoms with Gasteiger partial charge in [-0.15, -0.1) is 0 Å². The number of nitrogens with zero attached hydrogens (tertiary/aromatic N) is 1. The van der Waals surface area contributed by atoms with Gasteiger partial charge in [0.1, 0.15) is 23.2 Å². The molecule has 4 nitrogen and oxygen atoms in total. The third-order valence-corrected chi connectivity index (χ3v) is 4.58. The molecule has 0 unspecified atom stereocenters. The highest BCUT2D eigenvalue weighted by molar-refractivity contribution is 14.1. The minimum Gasteiger partial charge on any atom is -0.457 e.